The first-order chi connectivity index (χ1) is 7.48. The van der Waals surface area contributed by atoms with Crippen molar-refractivity contribution in [1.82, 2.24) is 0 Å². The Bertz CT molecular complexity index is 490. The van der Waals surface area contributed by atoms with Gasteiger partial charge in [0.05, 0.1) is 22.2 Å². The van der Waals surface area contributed by atoms with Gasteiger partial charge in [-0.25, -0.2) is 8.42 Å². The topological polar surface area (TPSA) is 37.4 Å². The van der Waals surface area contributed by atoms with Crippen LogP contribution in [0.3, 0.4) is 0 Å². The molecule has 1 aliphatic rings. The lowest BCUT2D eigenvalue weighted by Gasteiger charge is -2.29. The Morgan fingerprint density at radius 1 is 1.25 bits per heavy atom. The molecule has 0 unspecified atom stereocenters. The minimum absolute atomic E-state index is 0.204. The third-order valence-electron chi connectivity index (χ3n) is 2.59. The van der Waals surface area contributed by atoms with Gasteiger partial charge in [-0.05, 0) is 18.2 Å². The minimum Gasteiger partial charge on any atom is -0.368 e. The number of benzene rings is 1. The van der Waals surface area contributed by atoms with Crippen molar-refractivity contribution in [3.63, 3.8) is 0 Å². The summed E-state index contributed by atoms with van der Waals surface area (Å²) in [6, 6.07) is 5.59. The summed E-state index contributed by atoms with van der Waals surface area (Å²) in [6.07, 6.45) is 0. The third kappa shape index (κ3) is 2.70. The van der Waals surface area contributed by atoms with E-state index in [1.807, 2.05) is 23.1 Å². The molecule has 3 nitrogen and oxygen atoms in total. The van der Waals surface area contributed by atoms with Gasteiger partial charge in [0.1, 0.15) is 0 Å². The average Bonchev–Trinajstić information content (AvgIpc) is 2.22. The summed E-state index contributed by atoms with van der Waals surface area (Å²) in [6.45, 7) is 1.02. The number of hydrogen-bond donors (Lipinski definition) is 0. The predicted octanol–water partition coefficient (Wildman–Crippen LogP) is 2.34. The molecule has 16 heavy (non-hydrogen) atoms. The molecule has 1 saturated heterocycles. The van der Waals surface area contributed by atoms with Crippen molar-refractivity contribution in [1.29, 1.82) is 0 Å². The van der Waals surface area contributed by atoms with Crippen molar-refractivity contribution in [3.05, 3.63) is 27.7 Å². The van der Waals surface area contributed by atoms with Gasteiger partial charge in [-0.2, -0.15) is 0 Å². The summed E-state index contributed by atoms with van der Waals surface area (Å²) < 4.78 is 23.6. The molecule has 0 amide bonds. The van der Waals surface area contributed by atoms with Crippen LogP contribution in [0.25, 0.3) is 0 Å². The maximum absolute atomic E-state index is 11.3. The molecule has 1 aromatic rings. The van der Waals surface area contributed by atoms with E-state index in [2.05, 4.69) is 15.9 Å². The van der Waals surface area contributed by atoms with Gasteiger partial charge in [0.25, 0.3) is 0 Å². The number of rotatable bonds is 1. The second-order valence-electron chi connectivity index (χ2n) is 3.73. The molecule has 0 aromatic heterocycles. The number of halogens is 2. The highest BCUT2D eigenvalue weighted by atomic mass is 79.9. The molecule has 1 heterocycles. The van der Waals surface area contributed by atoms with Crippen LogP contribution in [0.1, 0.15) is 0 Å². The molecule has 1 aliphatic heterocycles. The van der Waals surface area contributed by atoms with Gasteiger partial charge < -0.3 is 4.90 Å². The molecule has 88 valence electrons. The maximum atomic E-state index is 11.3. The summed E-state index contributed by atoms with van der Waals surface area (Å²) in [5, 5.41) is 0.655. The second-order valence-corrected chi connectivity index (χ2v) is 7.36. The Balaban J connectivity index is 2.23. The van der Waals surface area contributed by atoms with Crippen LogP contribution in [0.4, 0.5) is 5.69 Å². The summed E-state index contributed by atoms with van der Waals surface area (Å²) in [7, 11) is -2.84. The molecule has 0 spiro atoms. The zero-order chi connectivity index (χ0) is 11.8. The highest BCUT2D eigenvalue weighted by Crippen LogP contribution is 2.30. The smallest absolute Gasteiger partial charge is 0.153 e. The lowest BCUT2D eigenvalue weighted by Crippen LogP contribution is -2.40. The van der Waals surface area contributed by atoms with Crippen LogP contribution in [0, 0.1) is 0 Å². The van der Waals surface area contributed by atoms with Crippen molar-refractivity contribution in [2.24, 2.45) is 0 Å². The van der Waals surface area contributed by atoms with E-state index in [1.165, 1.54) is 0 Å². The fourth-order valence-corrected chi connectivity index (χ4v) is 3.47. The standard InChI is InChI=1S/C10H11BrClNO2S/c11-8-1-2-9(12)10(7-8)13-3-5-16(14,15)6-4-13/h1-2,7H,3-6H2. The number of sulfone groups is 1. The van der Waals surface area contributed by atoms with Crippen molar-refractivity contribution >= 4 is 43.1 Å². The van der Waals surface area contributed by atoms with E-state index < -0.39 is 9.84 Å². The molecule has 2 rings (SSSR count). The number of anilines is 1. The zero-order valence-corrected chi connectivity index (χ0v) is 11.6. The fourth-order valence-electron chi connectivity index (χ4n) is 1.68. The average molecular weight is 325 g/mol. The fraction of sp³-hybridized carbons (Fsp3) is 0.400. The Morgan fingerprint density at radius 3 is 2.50 bits per heavy atom. The normalized spacial score (nSPS) is 19.8. The molecule has 0 saturated carbocycles. The third-order valence-corrected chi connectivity index (χ3v) is 5.02. The maximum Gasteiger partial charge on any atom is 0.153 e. The minimum atomic E-state index is -2.84. The first-order valence-electron chi connectivity index (χ1n) is 4.88. The van der Waals surface area contributed by atoms with E-state index in [9.17, 15) is 8.42 Å². The van der Waals surface area contributed by atoms with Gasteiger partial charge in [-0.15, -0.1) is 0 Å². The molecular formula is C10H11BrClNO2S. The lowest BCUT2D eigenvalue weighted by atomic mass is 10.3. The summed E-state index contributed by atoms with van der Waals surface area (Å²) in [5.74, 6) is 0.408. The van der Waals surface area contributed by atoms with Crippen LogP contribution < -0.4 is 4.90 Å². The van der Waals surface area contributed by atoms with Gasteiger partial charge in [0.15, 0.2) is 9.84 Å². The van der Waals surface area contributed by atoms with E-state index in [4.69, 9.17) is 11.6 Å². The van der Waals surface area contributed by atoms with Crippen LogP contribution in [-0.2, 0) is 9.84 Å². The summed E-state index contributed by atoms with van der Waals surface area (Å²) >= 11 is 9.47. The first-order valence-corrected chi connectivity index (χ1v) is 7.88. The quantitative estimate of drug-likeness (QED) is 0.796. The second kappa shape index (κ2) is 4.55. The van der Waals surface area contributed by atoms with Crippen LogP contribution in [0.5, 0.6) is 0 Å². The van der Waals surface area contributed by atoms with Crippen LogP contribution in [0.15, 0.2) is 22.7 Å². The highest BCUT2D eigenvalue weighted by molar-refractivity contribution is 9.10. The molecule has 0 aliphatic carbocycles. The van der Waals surface area contributed by atoms with E-state index in [0.717, 1.165) is 10.2 Å². The van der Waals surface area contributed by atoms with Gasteiger partial charge in [-0.1, -0.05) is 27.5 Å². The molecule has 0 N–H and O–H groups in total. The molecule has 6 heteroatoms. The van der Waals surface area contributed by atoms with Gasteiger partial charge in [0, 0.05) is 17.6 Å². The van der Waals surface area contributed by atoms with Gasteiger partial charge >= 0.3 is 0 Å². The van der Waals surface area contributed by atoms with Crippen molar-refractivity contribution < 1.29 is 8.42 Å². The molecule has 0 radical (unpaired) electrons. The largest absolute Gasteiger partial charge is 0.368 e. The predicted molar refractivity (Wildman–Crippen MR) is 70.0 cm³/mol. The van der Waals surface area contributed by atoms with Crippen molar-refractivity contribution in [3.8, 4) is 0 Å². The van der Waals surface area contributed by atoms with Crippen LogP contribution in [0.2, 0.25) is 5.02 Å². The Kier molecular flexibility index (Phi) is 3.47. The van der Waals surface area contributed by atoms with Gasteiger partial charge in [0.2, 0.25) is 0 Å². The first kappa shape index (κ1) is 12.2. The molecule has 1 fully saturated rings. The number of nitrogens with zero attached hydrogens (tertiary/aromatic N) is 1. The molecule has 0 bridgehead atoms. The molecule has 0 atom stereocenters. The Morgan fingerprint density at radius 2 is 1.88 bits per heavy atom. The Labute approximate surface area is 108 Å². The zero-order valence-electron chi connectivity index (χ0n) is 8.49. The van der Waals surface area contributed by atoms with E-state index in [0.29, 0.717) is 18.1 Å². The van der Waals surface area contributed by atoms with Gasteiger partial charge in [-0.3, -0.25) is 0 Å². The summed E-state index contributed by atoms with van der Waals surface area (Å²) in [5.41, 5.74) is 0.894. The van der Waals surface area contributed by atoms with Crippen molar-refractivity contribution in [2.45, 2.75) is 0 Å². The van der Waals surface area contributed by atoms with Crippen molar-refractivity contribution in [2.75, 3.05) is 29.5 Å². The monoisotopic (exact) mass is 323 g/mol. The number of hydrogen-bond acceptors (Lipinski definition) is 3. The van der Waals surface area contributed by atoms with Crippen LogP contribution >= 0.6 is 27.5 Å². The summed E-state index contributed by atoms with van der Waals surface area (Å²) in [4.78, 5) is 2.01. The molecule has 1 aromatic carbocycles. The lowest BCUT2D eigenvalue weighted by molar-refractivity contribution is 0.587. The Hall–Kier alpha value is -0.260. The van der Waals surface area contributed by atoms with E-state index in [-0.39, 0.29) is 11.5 Å². The SMILES string of the molecule is O=S1(=O)CCN(c2cc(Br)ccc2Cl)CC1. The van der Waals surface area contributed by atoms with E-state index in [1.54, 1.807) is 0 Å². The van der Waals surface area contributed by atoms with Crippen LogP contribution in [-0.4, -0.2) is 33.0 Å². The van der Waals surface area contributed by atoms with E-state index >= 15 is 0 Å². The highest BCUT2D eigenvalue weighted by Gasteiger charge is 2.22. The molecular weight excluding hydrogens is 314 g/mol.